The minimum absolute atomic E-state index is 0.0734. The molecule has 0 aromatic heterocycles. The first-order chi connectivity index (χ1) is 34.0. The molecule has 0 aliphatic heterocycles. The first-order valence-corrected chi connectivity index (χ1v) is 29.8. The molecule has 1 unspecified atom stereocenters. The van der Waals surface area contributed by atoms with Crippen LogP contribution >= 0.6 is 0 Å². The lowest BCUT2D eigenvalue weighted by Gasteiger charge is -2.18. The maximum atomic E-state index is 12.7. The molecule has 0 saturated carbocycles. The molecule has 0 fully saturated rings. The number of carbonyl (C=O) groups is 3. The van der Waals surface area contributed by atoms with Crippen molar-refractivity contribution in [2.24, 2.45) is 0 Å². The standard InChI is InChI=1S/C63H112O6/c1-4-7-10-13-15-17-19-20-21-22-23-24-25-26-27-28-29-30-31-32-33-34-35-36-37-38-39-40-41-42-44-45-47-50-53-56-62(65)68-59-60(58-67-61(64)55-52-49-12-9-6-3)69-63(66)57-54-51-48-46-43-18-16-14-11-8-5-2/h7,10,14-17,20-21,23-24,60H,4-6,8-9,11-13,18-19,22,25-59H2,1-3H3/b10-7-,16-14-,17-15-,21-20-,24-23-. The fourth-order valence-electron chi connectivity index (χ4n) is 8.53. The van der Waals surface area contributed by atoms with Crippen molar-refractivity contribution in [2.45, 2.75) is 309 Å². The van der Waals surface area contributed by atoms with Crippen molar-refractivity contribution in [3.8, 4) is 0 Å². The minimum atomic E-state index is -0.769. The molecule has 0 N–H and O–H groups in total. The van der Waals surface area contributed by atoms with E-state index < -0.39 is 6.10 Å². The van der Waals surface area contributed by atoms with Crippen LogP contribution in [-0.4, -0.2) is 37.2 Å². The predicted octanol–water partition coefficient (Wildman–Crippen LogP) is 20.0. The molecule has 0 aromatic carbocycles. The first-order valence-electron chi connectivity index (χ1n) is 29.8. The number of rotatable bonds is 54. The quantitative estimate of drug-likeness (QED) is 0.0262. The van der Waals surface area contributed by atoms with E-state index in [1.54, 1.807) is 0 Å². The SMILES string of the molecule is CC/C=C\C/C=C\C/C=C\C/C=C\CCCCCCCCCCCCCCCCCCCCCCCCC(=O)OCC(COC(=O)CCCCCCC)OC(=O)CCCCCCC/C=C\CCCC. The Kier molecular flexibility index (Phi) is 55.3. The van der Waals surface area contributed by atoms with Crippen molar-refractivity contribution in [1.82, 2.24) is 0 Å². The van der Waals surface area contributed by atoms with Crippen LogP contribution in [0, 0.1) is 0 Å². The van der Waals surface area contributed by atoms with Crippen LogP contribution in [0.1, 0.15) is 303 Å². The summed E-state index contributed by atoms with van der Waals surface area (Å²) in [6.07, 6.45) is 73.0. The van der Waals surface area contributed by atoms with Gasteiger partial charge in [0, 0.05) is 19.3 Å². The van der Waals surface area contributed by atoms with Gasteiger partial charge in [-0.05, 0) is 77.0 Å². The number of ether oxygens (including phenoxy) is 3. The van der Waals surface area contributed by atoms with E-state index in [9.17, 15) is 14.4 Å². The number of carbonyl (C=O) groups excluding carboxylic acids is 3. The van der Waals surface area contributed by atoms with Gasteiger partial charge in [0.25, 0.3) is 0 Å². The molecular formula is C63H112O6. The van der Waals surface area contributed by atoms with Gasteiger partial charge in [0.1, 0.15) is 13.2 Å². The molecule has 0 spiro atoms. The summed E-state index contributed by atoms with van der Waals surface area (Å²) < 4.78 is 16.7. The zero-order valence-corrected chi connectivity index (χ0v) is 45.8. The fourth-order valence-corrected chi connectivity index (χ4v) is 8.53. The third-order valence-electron chi connectivity index (χ3n) is 13.0. The Labute approximate surface area is 428 Å². The smallest absolute Gasteiger partial charge is 0.306 e. The van der Waals surface area contributed by atoms with E-state index in [1.807, 2.05) is 0 Å². The van der Waals surface area contributed by atoms with E-state index in [1.165, 1.54) is 161 Å². The topological polar surface area (TPSA) is 78.9 Å². The summed E-state index contributed by atoms with van der Waals surface area (Å²) in [5.41, 5.74) is 0. The fraction of sp³-hybridized carbons (Fsp3) is 0.794. The molecular weight excluding hydrogens is 853 g/mol. The number of hydrogen-bond donors (Lipinski definition) is 0. The Balaban J connectivity index is 3.82. The van der Waals surface area contributed by atoms with Crippen molar-refractivity contribution in [3.63, 3.8) is 0 Å². The normalized spacial score (nSPS) is 12.4. The van der Waals surface area contributed by atoms with Crippen molar-refractivity contribution in [2.75, 3.05) is 13.2 Å². The van der Waals surface area contributed by atoms with Gasteiger partial charge in [0.05, 0.1) is 0 Å². The van der Waals surface area contributed by atoms with Crippen LogP contribution in [0.4, 0.5) is 0 Å². The van der Waals surface area contributed by atoms with Gasteiger partial charge in [-0.1, -0.05) is 268 Å². The second-order valence-electron chi connectivity index (χ2n) is 19.9. The lowest BCUT2D eigenvalue weighted by molar-refractivity contribution is -0.167. The van der Waals surface area contributed by atoms with Gasteiger partial charge in [-0.2, -0.15) is 0 Å². The zero-order chi connectivity index (χ0) is 50.0. The van der Waals surface area contributed by atoms with E-state index in [-0.39, 0.29) is 31.1 Å². The highest BCUT2D eigenvalue weighted by Crippen LogP contribution is 2.17. The summed E-state index contributed by atoms with van der Waals surface area (Å²) in [6, 6.07) is 0. The summed E-state index contributed by atoms with van der Waals surface area (Å²) in [5, 5.41) is 0. The van der Waals surface area contributed by atoms with Gasteiger partial charge < -0.3 is 14.2 Å². The van der Waals surface area contributed by atoms with Crippen molar-refractivity contribution >= 4 is 17.9 Å². The Hall–Kier alpha value is -2.89. The van der Waals surface area contributed by atoms with Crippen LogP contribution in [0.25, 0.3) is 0 Å². The maximum Gasteiger partial charge on any atom is 0.306 e. The molecule has 6 nitrogen and oxygen atoms in total. The predicted molar refractivity (Wildman–Crippen MR) is 298 cm³/mol. The molecule has 0 saturated heterocycles. The Bertz CT molecular complexity index is 1250. The average Bonchev–Trinajstić information content (AvgIpc) is 3.35. The molecule has 400 valence electrons. The summed E-state index contributed by atoms with van der Waals surface area (Å²) in [5.74, 6) is -0.888. The summed E-state index contributed by atoms with van der Waals surface area (Å²) in [7, 11) is 0. The van der Waals surface area contributed by atoms with Crippen LogP contribution in [0.15, 0.2) is 60.8 Å². The van der Waals surface area contributed by atoms with E-state index in [0.717, 1.165) is 103 Å². The van der Waals surface area contributed by atoms with Crippen molar-refractivity contribution in [3.05, 3.63) is 60.8 Å². The van der Waals surface area contributed by atoms with Crippen LogP contribution < -0.4 is 0 Å². The van der Waals surface area contributed by atoms with Gasteiger partial charge in [-0.25, -0.2) is 0 Å². The molecule has 0 bridgehead atoms. The molecule has 0 aliphatic carbocycles. The monoisotopic (exact) mass is 965 g/mol. The van der Waals surface area contributed by atoms with Crippen LogP contribution in [0.5, 0.6) is 0 Å². The van der Waals surface area contributed by atoms with E-state index in [4.69, 9.17) is 14.2 Å². The number of hydrogen-bond acceptors (Lipinski definition) is 6. The van der Waals surface area contributed by atoms with Crippen molar-refractivity contribution in [1.29, 1.82) is 0 Å². The highest BCUT2D eigenvalue weighted by atomic mass is 16.6. The van der Waals surface area contributed by atoms with Crippen LogP contribution in [-0.2, 0) is 28.6 Å². The highest BCUT2D eigenvalue weighted by Gasteiger charge is 2.19. The Morgan fingerprint density at radius 2 is 0.580 bits per heavy atom. The molecule has 0 aromatic rings. The Morgan fingerprint density at radius 3 is 0.942 bits per heavy atom. The van der Waals surface area contributed by atoms with E-state index in [2.05, 4.69) is 81.5 Å². The van der Waals surface area contributed by atoms with Crippen LogP contribution in [0.3, 0.4) is 0 Å². The summed E-state index contributed by atoms with van der Waals surface area (Å²) >= 11 is 0. The molecule has 69 heavy (non-hydrogen) atoms. The second-order valence-corrected chi connectivity index (χ2v) is 19.9. The Morgan fingerprint density at radius 1 is 0.304 bits per heavy atom. The summed E-state index contributed by atoms with van der Waals surface area (Å²) in [4.78, 5) is 37.6. The number of esters is 3. The second kappa shape index (κ2) is 57.7. The zero-order valence-electron chi connectivity index (χ0n) is 45.8. The highest BCUT2D eigenvalue weighted by molar-refractivity contribution is 5.71. The number of allylic oxidation sites excluding steroid dienone is 10. The van der Waals surface area contributed by atoms with Gasteiger partial charge >= 0.3 is 17.9 Å². The van der Waals surface area contributed by atoms with Crippen LogP contribution in [0.2, 0.25) is 0 Å². The third kappa shape index (κ3) is 55.9. The largest absolute Gasteiger partial charge is 0.462 e. The molecule has 1 atom stereocenters. The van der Waals surface area contributed by atoms with Gasteiger partial charge in [0.2, 0.25) is 0 Å². The molecule has 0 rings (SSSR count). The molecule has 0 radical (unpaired) electrons. The number of unbranched alkanes of at least 4 members (excludes halogenated alkanes) is 33. The molecule has 0 aliphatic rings. The van der Waals surface area contributed by atoms with Gasteiger partial charge in [-0.3, -0.25) is 14.4 Å². The summed E-state index contributed by atoms with van der Waals surface area (Å²) in [6.45, 7) is 6.41. The molecule has 0 amide bonds. The molecule has 6 heteroatoms. The van der Waals surface area contributed by atoms with Gasteiger partial charge in [-0.15, -0.1) is 0 Å². The molecule has 0 heterocycles. The lowest BCUT2D eigenvalue weighted by atomic mass is 10.0. The maximum absolute atomic E-state index is 12.7. The van der Waals surface area contributed by atoms with E-state index in [0.29, 0.717) is 19.3 Å². The van der Waals surface area contributed by atoms with Crippen molar-refractivity contribution < 1.29 is 28.6 Å². The third-order valence-corrected chi connectivity index (χ3v) is 13.0. The lowest BCUT2D eigenvalue weighted by Crippen LogP contribution is -2.30. The van der Waals surface area contributed by atoms with E-state index >= 15 is 0 Å². The first kappa shape index (κ1) is 66.1. The average molecular weight is 966 g/mol. The minimum Gasteiger partial charge on any atom is -0.462 e. The van der Waals surface area contributed by atoms with Gasteiger partial charge in [0.15, 0.2) is 6.10 Å².